The lowest BCUT2D eigenvalue weighted by Gasteiger charge is -2.05. The fourth-order valence-corrected chi connectivity index (χ4v) is 2.34. The highest BCUT2D eigenvalue weighted by Crippen LogP contribution is 2.26. The highest BCUT2D eigenvalue weighted by molar-refractivity contribution is 6.07. The molecule has 0 saturated heterocycles. The van der Waals surface area contributed by atoms with Gasteiger partial charge < -0.3 is 15.7 Å². The van der Waals surface area contributed by atoms with E-state index in [1.165, 1.54) is 0 Å². The summed E-state index contributed by atoms with van der Waals surface area (Å²) < 4.78 is 0. The van der Waals surface area contributed by atoms with Crippen molar-refractivity contribution in [2.45, 2.75) is 6.92 Å². The smallest absolute Gasteiger partial charge is 0.272 e. The van der Waals surface area contributed by atoms with Gasteiger partial charge in [0.15, 0.2) is 0 Å². The van der Waals surface area contributed by atoms with E-state index < -0.39 is 0 Å². The minimum absolute atomic E-state index is 0.271. The number of carbonyl (C=O) groups excluding carboxylic acids is 1. The van der Waals surface area contributed by atoms with Gasteiger partial charge in [0.1, 0.15) is 11.4 Å². The van der Waals surface area contributed by atoms with Gasteiger partial charge in [-0.3, -0.25) is 4.79 Å². The number of carbonyl (C=O) groups is 1. The van der Waals surface area contributed by atoms with Crippen molar-refractivity contribution in [3.63, 3.8) is 0 Å². The average Bonchev–Trinajstić information content (AvgIpc) is 2.99. The summed E-state index contributed by atoms with van der Waals surface area (Å²) in [5.74, 6) is -0.308. The Morgan fingerprint density at radius 1 is 1.17 bits per heavy atom. The van der Waals surface area contributed by atoms with E-state index in [-0.39, 0.29) is 11.6 Å². The van der Waals surface area contributed by atoms with Crippen LogP contribution in [0.4, 0.5) is 11.4 Å². The van der Waals surface area contributed by atoms with Crippen LogP contribution in [0.25, 0.3) is 10.9 Å². The number of aromatic amines is 1. The van der Waals surface area contributed by atoms with Crippen LogP contribution >= 0.6 is 0 Å². The van der Waals surface area contributed by atoms with Gasteiger partial charge in [0.25, 0.3) is 5.91 Å². The maximum absolute atomic E-state index is 12.3. The Labute approximate surface area is 132 Å². The molecule has 6 nitrogen and oxygen atoms in total. The average molecular weight is 306 g/mol. The number of rotatable bonds is 4. The van der Waals surface area contributed by atoms with Crippen molar-refractivity contribution in [1.82, 2.24) is 4.98 Å². The number of hydrogen-bond acceptors (Lipinski definition) is 4. The molecule has 1 heterocycles. The Kier molecular flexibility index (Phi) is 3.72. The molecule has 0 aliphatic rings. The fraction of sp³-hybridized carbons (Fsp3) is 0.0588. The van der Waals surface area contributed by atoms with Crippen molar-refractivity contribution in [3.05, 3.63) is 64.7 Å². The molecule has 0 fully saturated rings. The molecule has 23 heavy (non-hydrogen) atoms. The highest BCUT2D eigenvalue weighted by atomic mass is 16.3. The van der Waals surface area contributed by atoms with Crippen molar-refractivity contribution in [2.75, 3.05) is 5.32 Å². The van der Waals surface area contributed by atoms with Gasteiger partial charge in [0, 0.05) is 16.8 Å². The third kappa shape index (κ3) is 2.87. The lowest BCUT2D eigenvalue weighted by Crippen LogP contribution is -2.12. The molecular weight excluding hydrogens is 292 g/mol. The van der Waals surface area contributed by atoms with Crippen LogP contribution < -0.4 is 5.32 Å². The Morgan fingerprint density at radius 3 is 2.57 bits per heavy atom. The number of amides is 1. The van der Waals surface area contributed by atoms with E-state index in [1.807, 2.05) is 0 Å². The number of anilines is 1. The molecule has 0 atom stereocenters. The van der Waals surface area contributed by atoms with E-state index in [9.17, 15) is 9.70 Å². The first kappa shape index (κ1) is 14.6. The molecule has 6 heteroatoms. The van der Waals surface area contributed by atoms with E-state index in [2.05, 4.69) is 15.5 Å². The first-order valence-electron chi connectivity index (χ1n) is 7.00. The summed E-state index contributed by atoms with van der Waals surface area (Å²) >= 11 is 0. The number of fused-ring (bicyclic) bond motifs is 1. The van der Waals surface area contributed by atoms with E-state index in [0.717, 1.165) is 10.9 Å². The summed E-state index contributed by atoms with van der Waals surface area (Å²) in [5, 5.41) is 14.0. The summed E-state index contributed by atoms with van der Waals surface area (Å²) in [4.78, 5) is 26.0. The zero-order valence-corrected chi connectivity index (χ0v) is 12.4. The van der Waals surface area contributed by atoms with E-state index in [4.69, 9.17) is 5.41 Å². The maximum atomic E-state index is 12.3. The molecule has 2 aromatic carbocycles. The normalized spacial score (nSPS) is 10.5. The minimum Gasteiger partial charge on any atom is -0.349 e. The van der Waals surface area contributed by atoms with Crippen LogP contribution in [0.3, 0.4) is 0 Å². The van der Waals surface area contributed by atoms with Crippen LogP contribution in [0.2, 0.25) is 0 Å². The second kappa shape index (κ2) is 5.84. The van der Waals surface area contributed by atoms with Gasteiger partial charge in [-0.05, 0) is 41.9 Å². The van der Waals surface area contributed by atoms with Crippen LogP contribution in [-0.4, -0.2) is 16.6 Å². The molecule has 3 rings (SSSR count). The van der Waals surface area contributed by atoms with Crippen molar-refractivity contribution in [3.8, 4) is 0 Å². The van der Waals surface area contributed by atoms with Crippen molar-refractivity contribution < 1.29 is 4.79 Å². The first-order valence-corrected chi connectivity index (χ1v) is 7.00. The third-order valence-corrected chi connectivity index (χ3v) is 3.55. The second-order valence-corrected chi connectivity index (χ2v) is 5.17. The molecule has 0 saturated carbocycles. The summed E-state index contributed by atoms with van der Waals surface area (Å²) in [7, 11) is 0. The maximum Gasteiger partial charge on any atom is 0.272 e. The Morgan fingerprint density at radius 2 is 1.91 bits per heavy atom. The van der Waals surface area contributed by atoms with Crippen LogP contribution in [0.1, 0.15) is 23.0 Å². The third-order valence-electron chi connectivity index (χ3n) is 3.55. The first-order chi connectivity index (χ1) is 11.1. The zero-order valence-electron chi connectivity index (χ0n) is 12.4. The summed E-state index contributed by atoms with van der Waals surface area (Å²) in [5.41, 5.74) is 3.06. The molecule has 3 aromatic rings. The van der Waals surface area contributed by atoms with Crippen molar-refractivity contribution in [2.24, 2.45) is 5.18 Å². The summed E-state index contributed by atoms with van der Waals surface area (Å²) in [6.45, 7) is 1.71. The molecule has 0 aliphatic heterocycles. The number of hydrogen-bond donors (Lipinski definition) is 3. The number of nitrogens with one attached hydrogen (secondary N) is 3. The lowest BCUT2D eigenvalue weighted by molar-refractivity contribution is 0.102. The fourth-order valence-electron chi connectivity index (χ4n) is 2.34. The van der Waals surface area contributed by atoms with E-state index in [0.29, 0.717) is 22.6 Å². The SMILES string of the molecule is CC(=N)c1ccc(NC(=O)c2cc3cccc(N=O)c3[nH]2)cc1. The predicted octanol–water partition coefficient (Wildman–Crippen LogP) is 4.21. The Balaban J connectivity index is 1.85. The summed E-state index contributed by atoms with van der Waals surface area (Å²) in [6, 6.07) is 13.8. The van der Waals surface area contributed by atoms with E-state index >= 15 is 0 Å². The number of nitrogens with zero attached hydrogens (tertiary/aromatic N) is 1. The Hall–Kier alpha value is -3.28. The molecular formula is C17H14N4O2. The Bertz CT molecular complexity index is 910. The minimum atomic E-state index is -0.308. The standard InChI is InChI=1S/C17H14N4O2/c1-10(18)11-5-7-13(8-6-11)19-17(22)15-9-12-3-2-4-14(21-23)16(12)20-15/h2-9,18,20H,1H3,(H,19,22). The number of nitroso groups, excluding NO2 is 1. The molecule has 0 radical (unpaired) electrons. The monoisotopic (exact) mass is 306 g/mol. The van der Waals surface area contributed by atoms with Crippen LogP contribution in [-0.2, 0) is 0 Å². The molecule has 0 unspecified atom stereocenters. The number of para-hydroxylation sites is 1. The van der Waals surface area contributed by atoms with Gasteiger partial charge in [0.2, 0.25) is 0 Å². The van der Waals surface area contributed by atoms with Crippen LogP contribution in [0, 0.1) is 10.3 Å². The van der Waals surface area contributed by atoms with Crippen LogP contribution in [0.5, 0.6) is 0 Å². The molecule has 0 bridgehead atoms. The highest BCUT2D eigenvalue weighted by Gasteiger charge is 2.12. The van der Waals surface area contributed by atoms with Gasteiger partial charge in [-0.2, -0.15) is 0 Å². The molecule has 3 N–H and O–H groups in total. The van der Waals surface area contributed by atoms with Gasteiger partial charge in [-0.15, -0.1) is 4.91 Å². The van der Waals surface area contributed by atoms with E-state index in [1.54, 1.807) is 55.5 Å². The lowest BCUT2D eigenvalue weighted by atomic mass is 10.1. The van der Waals surface area contributed by atoms with Gasteiger partial charge in [-0.25, -0.2) is 0 Å². The molecule has 0 spiro atoms. The predicted molar refractivity (Wildman–Crippen MR) is 90.7 cm³/mol. The number of H-pyrrole nitrogens is 1. The van der Waals surface area contributed by atoms with Gasteiger partial charge >= 0.3 is 0 Å². The molecule has 0 aliphatic carbocycles. The number of aromatic nitrogens is 1. The zero-order chi connectivity index (χ0) is 16.4. The van der Waals surface area contributed by atoms with Gasteiger partial charge in [-0.1, -0.05) is 24.3 Å². The quantitative estimate of drug-likeness (QED) is 0.497. The van der Waals surface area contributed by atoms with Crippen LogP contribution in [0.15, 0.2) is 53.7 Å². The van der Waals surface area contributed by atoms with Gasteiger partial charge in [0.05, 0.1) is 5.52 Å². The largest absolute Gasteiger partial charge is 0.349 e. The van der Waals surface area contributed by atoms with Crippen molar-refractivity contribution in [1.29, 1.82) is 5.41 Å². The summed E-state index contributed by atoms with van der Waals surface area (Å²) in [6.07, 6.45) is 0. The molecule has 1 amide bonds. The van der Waals surface area contributed by atoms with Crippen molar-refractivity contribution >= 4 is 33.9 Å². The topological polar surface area (TPSA) is 98.2 Å². The second-order valence-electron chi connectivity index (χ2n) is 5.17. The number of benzene rings is 2. The molecule has 114 valence electrons. The molecule has 1 aromatic heterocycles.